The predicted octanol–water partition coefficient (Wildman–Crippen LogP) is 1.89. The summed E-state index contributed by atoms with van der Waals surface area (Å²) in [4.78, 5) is 16.9. The number of hydrogen-bond donors (Lipinski definition) is 1. The number of ether oxygens (including phenoxy) is 1. The number of para-hydroxylation sites is 2. The first-order valence-electron chi connectivity index (χ1n) is 9.22. The Morgan fingerprint density at radius 1 is 1.20 bits per heavy atom. The average molecular weight is 428 g/mol. The maximum absolute atomic E-state index is 12.6. The van der Waals surface area contributed by atoms with Crippen molar-refractivity contribution in [2.45, 2.75) is 19.6 Å². The van der Waals surface area contributed by atoms with E-state index >= 15 is 0 Å². The van der Waals surface area contributed by atoms with Gasteiger partial charge in [0.2, 0.25) is 21.7 Å². The van der Waals surface area contributed by atoms with Crippen LogP contribution in [0, 0.1) is 6.92 Å². The summed E-state index contributed by atoms with van der Waals surface area (Å²) in [5.74, 6) is 0.502. The minimum absolute atomic E-state index is 0.00191. The first-order chi connectivity index (χ1) is 14.3. The monoisotopic (exact) mass is 428 g/mol. The zero-order valence-corrected chi connectivity index (χ0v) is 17.2. The highest BCUT2D eigenvalue weighted by Crippen LogP contribution is 2.34. The van der Waals surface area contributed by atoms with Crippen LogP contribution < -0.4 is 14.4 Å². The van der Waals surface area contributed by atoms with Crippen molar-refractivity contribution in [3.8, 4) is 17.1 Å². The SMILES string of the molecule is Cc1ccc(-c2noc(CNC(=O)[C@@H]3CN(S(C)(=O)=O)c4ccccc4O3)n2)cc1. The van der Waals surface area contributed by atoms with Crippen LogP contribution in [0.4, 0.5) is 5.69 Å². The smallest absolute Gasteiger partial charge is 0.263 e. The second-order valence-electron chi connectivity index (χ2n) is 6.96. The summed E-state index contributed by atoms with van der Waals surface area (Å²) >= 11 is 0. The summed E-state index contributed by atoms with van der Waals surface area (Å²) in [6.45, 7) is 1.86. The van der Waals surface area contributed by atoms with Crippen LogP contribution in [0.2, 0.25) is 0 Å². The lowest BCUT2D eigenvalue weighted by Gasteiger charge is -2.33. The maximum Gasteiger partial charge on any atom is 0.263 e. The van der Waals surface area contributed by atoms with E-state index < -0.39 is 22.0 Å². The zero-order valence-electron chi connectivity index (χ0n) is 16.4. The Morgan fingerprint density at radius 2 is 1.93 bits per heavy atom. The number of nitrogens with zero attached hydrogens (tertiary/aromatic N) is 3. The summed E-state index contributed by atoms with van der Waals surface area (Å²) < 4.78 is 36.4. The van der Waals surface area contributed by atoms with E-state index in [2.05, 4.69) is 15.5 Å². The Labute approximate surface area is 173 Å². The molecule has 30 heavy (non-hydrogen) atoms. The number of benzene rings is 2. The Hall–Kier alpha value is -3.40. The van der Waals surface area contributed by atoms with Crippen LogP contribution in [0.3, 0.4) is 0 Å². The van der Waals surface area contributed by atoms with Crippen molar-refractivity contribution in [2.24, 2.45) is 0 Å². The predicted molar refractivity (Wildman–Crippen MR) is 109 cm³/mol. The lowest BCUT2D eigenvalue weighted by molar-refractivity contribution is -0.128. The summed E-state index contributed by atoms with van der Waals surface area (Å²) in [5, 5.41) is 6.59. The molecule has 1 aliphatic heterocycles. The Morgan fingerprint density at radius 3 is 2.67 bits per heavy atom. The second-order valence-corrected chi connectivity index (χ2v) is 8.87. The molecule has 2 heterocycles. The van der Waals surface area contributed by atoms with Gasteiger partial charge in [-0.3, -0.25) is 9.10 Å². The molecular weight excluding hydrogens is 408 g/mol. The standard InChI is InChI=1S/C20H20N4O5S/c1-13-7-9-14(10-8-13)19-22-18(29-23-19)11-21-20(25)17-12-24(30(2,26)27)15-5-3-4-6-16(15)28-17/h3-10,17H,11-12H2,1-2H3,(H,21,25)/t17-/m0/s1. The Kier molecular flexibility index (Phi) is 5.17. The van der Waals surface area contributed by atoms with Gasteiger partial charge >= 0.3 is 0 Å². The second kappa shape index (κ2) is 7.79. The molecule has 3 aromatic rings. The topological polar surface area (TPSA) is 115 Å². The fourth-order valence-corrected chi connectivity index (χ4v) is 3.99. The number of hydrogen-bond acceptors (Lipinski definition) is 7. The number of aromatic nitrogens is 2. The van der Waals surface area contributed by atoms with Gasteiger partial charge in [0.25, 0.3) is 5.91 Å². The van der Waals surface area contributed by atoms with Gasteiger partial charge in [-0.1, -0.05) is 47.1 Å². The largest absolute Gasteiger partial charge is 0.476 e. The molecule has 4 rings (SSSR count). The molecule has 2 aromatic carbocycles. The van der Waals surface area contributed by atoms with Crippen molar-refractivity contribution >= 4 is 21.6 Å². The molecule has 9 nitrogen and oxygen atoms in total. The molecule has 156 valence electrons. The number of carbonyl (C=O) groups excluding carboxylic acids is 1. The number of amides is 1. The van der Waals surface area contributed by atoms with Crippen LogP contribution in [0.25, 0.3) is 11.4 Å². The molecule has 0 aliphatic carbocycles. The van der Waals surface area contributed by atoms with Crippen LogP contribution >= 0.6 is 0 Å². The Balaban J connectivity index is 1.44. The van der Waals surface area contributed by atoms with Crippen LogP contribution in [0.1, 0.15) is 11.5 Å². The molecule has 0 fully saturated rings. The quantitative estimate of drug-likeness (QED) is 0.660. The molecule has 10 heteroatoms. The van der Waals surface area contributed by atoms with Gasteiger partial charge in [-0.25, -0.2) is 8.42 Å². The number of sulfonamides is 1. The molecule has 0 bridgehead atoms. The minimum atomic E-state index is -3.57. The molecular formula is C20H20N4O5S. The third kappa shape index (κ3) is 4.13. The lowest BCUT2D eigenvalue weighted by atomic mass is 10.1. The lowest BCUT2D eigenvalue weighted by Crippen LogP contribution is -2.50. The average Bonchev–Trinajstić information content (AvgIpc) is 3.20. The third-order valence-electron chi connectivity index (χ3n) is 4.62. The van der Waals surface area contributed by atoms with E-state index in [0.29, 0.717) is 17.3 Å². The highest BCUT2D eigenvalue weighted by atomic mass is 32.2. The van der Waals surface area contributed by atoms with Crippen LogP contribution in [0.5, 0.6) is 5.75 Å². The molecule has 1 amide bonds. The molecule has 0 saturated heterocycles. The van der Waals surface area contributed by atoms with E-state index in [0.717, 1.165) is 21.7 Å². The molecule has 1 aromatic heterocycles. The van der Waals surface area contributed by atoms with Crippen LogP contribution in [0.15, 0.2) is 53.1 Å². The number of fused-ring (bicyclic) bond motifs is 1. The van der Waals surface area contributed by atoms with Gasteiger partial charge in [0.15, 0.2) is 6.10 Å². The summed E-state index contributed by atoms with van der Waals surface area (Å²) in [6.07, 6.45) is 0.0869. The number of aryl methyl sites for hydroxylation is 1. The van der Waals surface area contributed by atoms with Crippen molar-refractivity contribution in [1.82, 2.24) is 15.5 Å². The van der Waals surface area contributed by atoms with Crippen molar-refractivity contribution in [3.05, 3.63) is 60.0 Å². The fraction of sp³-hybridized carbons (Fsp3) is 0.250. The first-order valence-corrected chi connectivity index (χ1v) is 11.1. The zero-order chi connectivity index (χ0) is 21.3. The van der Waals surface area contributed by atoms with Gasteiger partial charge in [-0.05, 0) is 19.1 Å². The van der Waals surface area contributed by atoms with E-state index in [1.807, 2.05) is 31.2 Å². The molecule has 0 spiro atoms. The highest BCUT2D eigenvalue weighted by molar-refractivity contribution is 7.92. The third-order valence-corrected chi connectivity index (χ3v) is 5.77. The molecule has 0 saturated carbocycles. The molecule has 1 atom stereocenters. The van der Waals surface area contributed by atoms with Crippen molar-refractivity contribution < 1.29 is 22.5 Å². The van der Waals surface area contributed by atoms with Crippen LogP contribution in [-0.2, 0) is 21.4 Å². The van der Waals surface area contributed by atoms with Gasteiger partial charge in [0.1, 0.15) is 5.75 Å². The maximum atomic E-state index is 12.6. The normalized spacial score (nSPS) is 15.9. The highest BCUT2D eigenvalue weighted by Gasteiger charge is 2.34. The Bertz CT molecular complexity index is 1170. The summed E-state index contributed by atoms with van der Waals surface area (Å²) in [5.41, 5.74) is 2.33. The van der Waals surface area contributed by atoms with E-state index in [1.54, 1.807) is 24.3 Å². The number of carbonyl (C=O) groups is 1. The molecule has 1 N–H and O–H groups in total. The molecule has 0 unspecified atom stereocenters. The van der Waals surface area contributed by atoms with Crippen molar-refractivity contribution in [2.75, 3.05) is 17.1 Å². The fourth-order valence-electron chi connectivity index (χ4n) is 3.08. The number of rotatable bonds is 5. The van der Waals surface area contributed by atoms with Gasteiger partial charge in [0, 0.05) is 5.56 Å². The van der Waals surface area contributed by atoms with E-state index in [4.69, 9.17) is 9.26 Å². The van der Waals surface area contributed by atoms with Gasteiger partial charge in [0.05, 0.1) is 25.0 Å². The van der Waals surface area contributed by atoms with Gasteiger partial charge < -0.3 is 14.6 Å². The summed E-state index contributed by atoms with van der Waals surface area (Å²) in [6, 6.07) is 14.3. The van der Waals surface area contributed by atoms with Gasteiger partial charge in [-0.15, -0.1) is 0 Å². The molecule has 0 radical (unpaired) electrons. The van der Waals surface area contributed by atoms with Gasteiger partial charge in [-0.2, -0.15) is 4.98 Å². The van der Waals surface area contributed by atoms with E-state index in [-0.39, 0.29) is 19.0 Å². The van der Waals surface area contributed by atoms with Crippen LogP contribution in [-0.4, -0.2) is 43.4 Å². The van der Waals surface area contributed by atoms with Crippen molar-refractivity contribution in [3.63, 3.8) is 0 Å². The first kappa shape index (κ1) is 19.9. The van der Waals surface area contributed by atoms with E-state index in [9.17, 15) is 13.2 Å². The molecule has 1 aliphatic rings. The van der Waals surface area contributed by atoms with Crippen molar-refractivity contribution in [1.29, 1.82) is 0 Å². The number of nitrogens with one attached hydrogen (secondary N) is 1. The summed E-state index contributed by atoms with van der Waals surface area (Å²) in [7, 11) is -3.57. The minimum Gasteiger partial charge on any atom is -0.476 e. The van der Waals surface area contributed by atoms with E-state index in [1.165, 1.54) is 0 Å². The number of anilines is 1.